The lowest BCUT2D eigenvalue weighted by atomic mass is 10.1. The van der Waals surface area contributed by atoms with Crippen LogP contribution in [0.15, 0.2) is 54.0 Å². The SMILES string of the molecule is CCc1ccc(Cn2nccc2NC(=O)C[C@H](NC(C)=O)c2cccs2)cc1. The van der Waals surface area contributed by atoms with E-state index in [0.717, 1.165) is 16.9 Å². The highest BCUT2D eigenvalue weighted by atomic mass is 32.1. The van der Waals surface area contributed by atoms with Crippen LogP contribution in [0.2, 0.25) is 0 Å². The molecule has 146 valence electrons. The fraction of sp³-hybridized carbons (Fsp3) is 0.286. The van der Waals surface area contributed by atoms with E-state index in [1.165, 1.54) is 23.8 Å². The largest absolute Gasteiger partial charge is 0.348 e. The molecule has 7 heteroatoms. The number of carbonyl (C=O) groups excluding carboxylic acids is 2. The number of nitrogens with zero attached hydrogens (tertiary/aromatic N) is 2. The Kier molecular flexibility index (Phi) is 6.60. The van der Waals surface area contributed by atoms with Gasteiger partial charge in [-0.15, -0.1) is 11.3 Å². The first-order valence-corrected chi connectivity index (χ1v) is 10.1. The van der Waals surface area contributed by atoms with E-state index in [2.05, 4.69) is 46.9 Å². The van der Waals surface area contributed by atoms with E-state index in [1.807, 2.05) is 17.5 Å². The van der Waals surface area contributed by atoms with Crippen molar-refractivity contribution < 1.29 is 9.59 Å². The molecule has 2 aromatic heterocycles. The molecule has 0 spiro atoms. The molecular weight excluding hydrogens is 372 g/mol. The number of benzene rings is 1. The van der Waals surface area contributed by atoms with Gasteiger partial charge in [0.15, 0.2) is 0 Å². The second kappa shape index (κ2) is 9.32. The van der Waals surface area contributed by atoms with Gasteiger partial charge in [0.1, 0.15) is 5.82 Å². The fourth-order valence-corrected chi connectivity index (χ4v) is 3.73. The van der Waals surface area contributed by atoms with E-state index in [4.69, 9.17) is 0 Å². The quantitative estimate of drug-likeness (QED) is 0.609. The maximum Gasteiger partial charge on any atom is 0.227 e. The van der Waals surface area contributed by atoms with Crippen LogP contribution in [0.1, 0.15) is 42.3 Å². The van der Waals surface area contributed by atoms with Crippen molar-refractivity contribution in [1.82, 2.24) is 15.1 Å². The van der Waals surface area contributed by atoms with Gasteiger partial charge in [-0.05, 0) is 29.0 Å². The zero-order valence-corrected chi connectivity index (χ0v) is 16.8. The molecule has 3 rings (SSSR count). The molecular formula is C21H24N4O2S. The predicted octanol–water partition coefficient (Wildman–Crippen LogP) is 3.76. The lowest BCUT2D eigenvalue weighted by Crippen LogP contribution is -2.29. The van der Waals surface area contributed by atoms with E-state index >= 15 is 0 Å². The zero-order valence-electron chi connectivity index (χ0n) is 16.0. The Morgan fingerprint density at radius 3 is 2.54 bits per heavy atom. The van der Waals surface area contributed by atoms with Gasteiger partial charge >= 0.3 is 0 Å². The van der Waals surface area contributed by atoms with Crippen LogP contribution in [-0.4, -0.2) is 21.6 Å². The Labute approximate surface area is 168 Å². The third-order valence-corrected chi connectivity index (χ3v) is 5.39. The molecule has 0 radical (unpaired) electrons. The molecule has 0 unspecified atom stereocenters. The predicted molar refractivity (Wildman–Crippen MR) is 111 cm³/mol. The number of hydrogen-bond acceptors (Lipinski definition) is 4. The third kappa shape index (κ3) is 5.29. The van der Waals surface area contributed by atoms with Gasteiger partial charge in [-0.2, -0.15) is 5.10 Å². The number of aromatic nitrogens is 2. The van der Waals surface area contributed by atoms with Gasteiger partial charge in [0.05, 0.1) is 25.2 Å². The van der Waals surface area contributed by atoms with Crippen LogP contribution >= 0.6 is 11.3 Å². The van der Waals surface area contributed by atoms with Crippen molar-refractivity contribution in [2.24, 2.45) is 0 Å². The van der Waals surface area contributed by atoms with Gasteiger partial charge in [-0.25, -0.2) is 4.68 Å². The number of anilines is 1. The molecule has 2 amide bonds. The summed E-state index contributed by atoms with van der Waals surface area (Å²) in [4.78, 5) is 25.0. The van der Waals surface area contributed by atoms with Gasteiger partial charge < -0.3 is 10.6 Å². The number of nitrogens with one attached hydrogen (secondary N) is 2. The Morgan fingerprint density at radius 2 is 1.89 bits per heavy atom. The number of thiophene rings is 1. The van der Waals surface area contributed by atoms with Crippen LogP contribution in [-0.2, 0) is 22.6 Å². The van der Waals surface area contributed by atoms with Crippen LogP contribution in [0.5, 0.6) is 0 Å². The highest BCUT2D eigenvalue weighted by Crippen LogP contribution is 2.23. The Balaban J connectivity index is 1.65. The highest BCUT2D eigenvalue weighted by molar-refractivity contribution is 7.10. The molecule has 2 N–H and O–H groups in total. The molecule has 6 nitrogen and oxygen atoms in total. The molecule has 0 saturated heterocycles. The second-order valence-corrected chi connectivity index (χ2v) is 7.54. The number of aryl methyl sites for hydroxylation is 1. The zero-order chi connectivity index (χ0) is 19.9. The Bertz CT molecular complexity index is 916. The van der Waals surface area contributed by atoms with Gasteiger partial charge in [0.2, 0.25) is 11.8 Å². The summed E-state index contributed by atoms with van der Waals surface area (Å²) in [5.74, 6) is 0.305. The normalized spacial score (nSPS) is 11.8. The first-order valence-electron chi connectivity index (χ1n) is 9.25. The lowest BCUT2D eigenvalue weighted by Gasteiger charge is -2.16. The smallest absolute Gasteiger partial charge is 0.227 e. The number of carbonyl (C=O) groups is 2. The average molecular weight is 397 g/mol. The van der Waals surface area contributed by atoms with Crippen molar-refractivity contribution in [3.8, 4) is 0 Å². The molecule has 0 saturated carbocycles. The first-order chi connectivity index (χ1) is 13.5. The third-order valence-electron chi connectivity index (χ3n) is 4.40. The van der Waals surface area contributed by atoms with Crippen molar-refractivity contribution in [1.29, 1.82) is 0 Å². The minimum absolute atomic E-state index is 0.160. The van der Waals surface area contributed by atoms with Crippen molar-refractivity contribution in [3.63, 3.8) is 0 Å². The summed E-state index contributed by atoms with van der Waals surface area (Å²) >= 11 is 1.52. The summed E-state index contributed by atoms with van der Waals surface area (Å²) in [5.41, 5.74) is 2.40. The molecule has 0 fully saturated rings. The van der Waals surface area contributed by atoms with Gasteiger partial charge in [-0.3, -0.25) is 9.59 Å². The molecule has 1 atom stereocenters. The lowest BCUT2D eigenvalue weighted by molar-refractivity contribution is -0.120. The topological polar surface area (TPSA) is 76.0 Å². The maximum atomic E-state index is 12.6. The van der Waals surface area contributed by atoms with Crippen LogP contribution in [0, 0.1) is 0 Å². The van der Waals surface area contributed by atoms with Crippen LogP contribution < -0.4 is 10.6 Å². The summed E-state index contributed by atoms with van der Waals surface area (Å²) < 4.78 is 1.76. The highest BCUT2D eigenvalue weighted by Gasteiger charge is 2.19. The van der Waals surface area contributed by atoms with Crippen LogP contribution in [0.25, 0.3) is 0 Å². The standard InChI is InChI=1S/C21H24N4O2S/c1-3-16-6-8-17(9-7-16)14-25-20(10-11-22-25)24-21(27)13-18(23-15(2)26)19-5-4-12-28-19/h4-12,18H,3,13-14H2,1-2H3,(H,23,26)(H,24,27)/t18-/m0/s1. The summed E-state index contributed by atoms with van der Waals surface area (Å²) in [5, 5.41) is 12.0. The average Bonchev–Trinajstić information content (AvgIpc) is 3.34. The molecule has 0 bridgehead atoms. The summed E-state index contributed by atoms with van der Waals surface area (Å²) in [6, 6.07) is 13.6. The van der Waals surface area contributed by atoms with Crippen molar-refractivity contribution in [2.45, 2.75) is 39.3 Å². The second-order valence-electron chi connectivity index (χ2n) is 6.56. The van der Waals surface area contributed by atoms with E-state index in [1.54, 1.807) is 16.9 Å². The molecule has 0 aliphatic rings. The molecule has 3 aromatic rings. The minimum Gasteiger partial charge on any atom is -0.348 e. The van der Waals surface area contributed by atoms with Crippen molar-refractivity contribution in [2.75, 3.05) is 5.32 Å². The van der Waals surface area contributed by atoms with Crippen molar-refractivity contribution >= 4 is 29.0 Å². The van der Waals surface area contributed by atoms with Crippen molar-refractivity contribution in [3.05, 3.63) is 70.0 Å². The number of hydrogen-bond donors (Lipinski definition) is 2. The molecule has 0 aliphatic carbocycles. The monoisotopic (exact) mass is 396 g/mol. The maximum absolute atomic E-state index is 12.6. The molecule has 1 aromatic carbocycles. The molecule has 0 aliphatic heterocycles. The van der Waals surface area contributed by atoms with Gasteiger partial charge in [0.25, 0.3) is 0 Å². The van der Waals surface area contributed by atoms with E-state index in [9.17, 15) is 9.59 Å². The Morgan fingerprint density at radius 1 is 1.14 bits per heavy atom. The number of amides is 2. The first kappa shape index (κ1) is 19.8. The van der Waals surface area contributed by atoms with E-state index < -0.39 is 0 Å². The minimum atomic E-state index is -0.338. The summed E-state index contributed by atoms with van der Waals surface area (Å²) in [6.45, 7) is 4.16. The van der Waals surface area contributed by atoms with E-state index in [0.29, 0.717) is 12.4 Å². The molecule has 2 heterocycles. The summed E-state index contributed by atoms with van der Waals surface area (Å²) in [6.07, 6.45) is 2.83. The fourth-order valence-electron chi connectivity index (χ4n) is 2.96. The summed E-state index contributed by atoms with van der Waals surface area (Å²) in [7, 11) is 0. The Hall–Kier alpha value is -2.93. The molecule has 28 heavy (non-hydrogen) atoms. The van der Waals surface area contributed by atoms with Gasteiger partial charge in [-0.1, -0.05) is 37.3 Å². The van der Waals surface area contributed by atoms with Crippen LogP contribution in [0.3, 0.4) is 0 Å². The number of rotatable bonds is 8. The van der Waals surface area contributed by atoms with Crippen LogP contribution in [0.4, 0.5) is 5.82 Å². The van der Waals surface area contributed by atoms with Gasteiger partial charge in [0, 0.05) is 17.9 Å². The van der Waals surface area contributed by atoms with E-state index in [-0.39, 0.29) is 24.3 Å².